The molecular weight excluding hydrogens is 446 g/mol. The maximum atomic E-state index is 9.81. The van der Waals surface area contributed by atoms with Gasteiger partial charge in [0, 0.05) is 18.8 Å². The highest BCUT2D eigenvalue weighted by atomic mass is 32.1. The van der Waals surface area contributed by atoms with Crippen LogP contribution in [0.3, 0.4) is 0 Å². The van der Waals surface area contributed by atoms with E-state index >= 15 is 0 Å². The fraction of sp³-hybridized carbons (Fsp3) is 0.440. The minimum atomic E-state index is -0.123. The van der Waals surface area contributed by atoms with Crippen LogP contribution in [-0.2, 0) is 6.54 Å². The first-order valence-corrected chi connectivity index (χ1v) is 12.8. The number of rotatable bonds is 9. The van der Waals surface area contributed by atoms with Crippen molar-refractivity contribution >= 4 is 34.3 Å². The molecular formula is C25H31N7OS. The highest BCUT2D eigenvalue weighted by molar-refractivity contribution is 7.13. The molecule has 0 radical (unpaired) electrons. The molecule has 1 aliphatic rings. The predicted molar refractivity (Wildman–Crippen MR) is 137 cm³/mol. The van der Waals surface area contributed by atoms with Crippen molar-refractivity contribution in [1.29, 1.82) is 0 Å². The molecule has 0 aliphatic heterocycles. The molecule has 4 aromatic heterocycles. The number of aromatic nitrogens is 5. The number of aliphatic hydroxyl groups excluding tert-OH is 1. The Bertz CT molecular complexity index is 1210. The summed E-state index contributed by atoms with van der Waals surface area (Å²) in [6.45, 7) is 4.74. The molecule has 9 heteroatoms. The number of hydrogen-bond donors (Lipinski definition) is 3. The van der Waals surface area contributed by atoms with E-state index < -0.39 is 0 Å². The van der Waals surface area contributed by atoms with E-state index in [9.17, 15) is 5.11 Å². The normalized spacial score (nSPS) is 15.3. The fourth-order valence-electron chi connectivity index (χ4n) is 4.43. The SMILES string of the molecule is CC(C)C(CO)Nc1nc(NCc2ccc(-c3cccs3)nc2)c2ncn(C3CCCC3)c2n1. The van der Waals surface area contributed by atoms with Gasteiger partial charge in [-0.2, -0.15) is 9.97 Å². The largest absolute Gasteiger partial charge is 0.394 e. The Morgan fingerprint density at radius 3 is 2.68 bits per heavy atom. The monoisotopic (exact) mass is 477 g/mol. The summed E-state index contributed by atoms with van der Waals surface area (Å²) in [6.07, 6.45) is 8.56. The molecule has 0 spiro atoms. The highest BCUT2D eigenvalue weighted by Crippen LogP contribution is 2.33. The third kappa shape index (κ3) is 4.76. The first-order chi connectivity index (χ1) is 16.6. The first-order valence-electron chi connectivity index (χ1n) is 12.0. The van der Waals surface area contributed by atoms with Crippen molar-refractivity contribution in [1.82, 2.24) is 24.5 Å². The third-order valence-electron chi connectivity index (χ3n) is 6.51. The molecule has 1 unspecified atom stereocenters. The van der Waals surface area contributed by atoms with Crippen LogP contribution in [0.15, 0.2) is 42.2 Å². The van der Waals surface area contributed by atoms with Crippen LogP contribution in [0.4, 0.5) is 11.8 Å². The average Bonchev–Trinajstić information content (AvgIpc) is 3.62. The van der Waals surface area contributed by atoms with Crippen molar-refractivity contribution in [2.75, 3.05) is 17.2 Å². The number of anilines is 2. The lowest BCUT2D eigenvalue weighted by Crippen LogP contribution is -2.30. The maximum absolute atomic E-state index is 9.81. The van der Waals surface area contributed by atoms with Crippen LogP contribution in [0, 0.1) is 5.92 Å². The molecule has 1 saturated carbocycles. The van der Waals surface area contributed by atoms with Crippen LogP contribution >= 0.6 is 11.3 Å². The number of pyridine rings is 1. The summed E-state index contributed by atoms with van der Waals surface area (Å²) >= 11 is 1.69. The van der Waals surface area contributed by atoms with Gasteiger partial charge in [-0.25, -0.2) is 4.98 Å². The summed E-state index contributed by atoms with van der Waals surface area (Å²) in [6, 6.07) is 8.55. The van der Waals surface area contributed by atoms with Crippen LogP contribution in [0.25, 0.3) is 21.7 Å². The van der Waals surface area contributed by atoms with Gasteiger partial charge in [0.1, 0.15) is 0 Å². The van der Waals surface area contributed by atoms with Crippen molar-refractivity contribution in [3.8, 4) is 10.6 Å². The third-order valence-corrected chi connectivity index (χ3v) is 7.41. The van der Waals surface area contributed by atoms with Gasteiger partial charge in [-0.3, -0.25) is 4.98 Å². The molecule has 8 nitrogen and oxygen atoms in total. The van der Waals surface area contributed by atoms with Crippen LogP contribution < -0.4 is 10.6 Å². The molecule has 1 atom stereocenters. The Labute approximate surface area is 203 Å². The number of imidazole rings is 1. The number of nitrogens with zero attached hydrogens (tertiary/aromatic N) is 5. The van der Waals surface area contributed by atoms with Gasteiger partial charge in [0.05, 0.1) is 29.5 Å². The van der Waals surface area contributed by atoms with E-state index in [0.717, 1.165) is 40.1 Å². The second-order valence-electron chi connectivity index (χ2n) is 9.22. The van der Waals surface area contributed by atoms with Gasteiger partial charge in [0.25, 0.3) is 0 Å². The summed E-state index contributed by atoms with van der Waals surface area (Å²) in [5.41, 5.74) is 3.64. The van der Waals surface area contributed by atoms with Crippen molar-refractivity contribution < 1.29 is 5.11 Å². The van der Waals surface area contributed by atoms with Crippen LogP contribution in [0.1, 0.15) is 51.1 Å². The molecule has 1 fully saturated rings. The quantitative estimate of drug-likeness (QED) is 0.308. The summed E-state index contributed by atoms with van der Waals surface area (Å²) in [5, 5.41) is 18.7. The van der Waals surface area contributed by atoms with E-state index in [1.54, 1.807) is 11.3 Å². The van der Waals surface area contributed by atoms with Gasteiger partial charge >= 0.3 is 0 Å². The fourth-order valence-corrected chi connectivity index (χ4v) is 5.13. The molecule has 34 heavy (non-hydrogen) atoms. The number of nitrogens with one attached hydrogen (secondary N) is 2. The Morgan fingerprint density at radius 2 is 2.00 bits per heavy atom. The Balaban J connectivity index is 1.42. The molecule has 3 N–H and O–H groups in total. The second kappa shape index (κ2) is 10.1. The van der Waals surface area contributed by atoms with Gasteiger partial charge in [-0.15, -0.1) is 11.3 Å². The van der Waals surface area contributed by atoms with Gasteiger partial charge in [0.15, 0.2) is 17.0 Å². The maximum Gasteiger partial charge on any atom is 0.227 e. The van der Waals surface area contributed by atoms with Crippen molar-refractivity contribution in [2.24, 2.45) is 5.92 Å². The van der Waals surface area contributed by atoms with E-state index in [4.69, 9.17) is 9.97 Å². The molecule has 0 saturated heterocycles. The zero-order valence-corrected chi connectivity index (χ0v) is 20.4. The van der Waals surface area contributed by atoms with Crippen molar-refractivity contribution in [3.05, 3.63) is 47.7 Å². The first kappa shape index (κ1) is 22.7. The van der Waals surface area contributed by atoms with Crippen LogP contribution in [0.5, 0.6) is 0 Å². The number of aliphatic hydroxyl groups is 1. The van der Waals surface area contributed by atoms with Crippen molar-refractivity contribution in [3.63, 3.8) is 0 Å². The molecule has 5 rings (SSSR count). The van der Waals surface area contributed by atoms with Gasteiger partial charge in [-0.05, 0) is 41.8 Å². The summed E-state index contributed by atoms with van der Waals surface area (Å²) < 4.78 is 2.20. The molecule has 178 valence electrons. The van der Waals surface area contributed by atoms with E-state index in [0.29, 0.717) is 24.4 Å². The lowest BCUT2D eigenvalue weighted by atomic mass is 10.1. The number of thiophene rings is 1. The second-order valence-corrected chi connectivity index (χ2v) is 10.2. The lowest BCUT2D eigenvalue weighted by molar-refractivity contribution is 0.248. The zero-order valence-electron chi connectivity index (χ0n) is 19.6. The van der Waals surface area contributed by atoms with E-state index in [2.05, 4.69) is 62.6 Å². The molecule has 1 aliphatic carbocycles. The predicted octanol–water partition coefficient (Wildman–Crippen LogP) is 5.11. The molecule has 0 amide bonds. The number of hydrogen-bond acceptors (Lipinski definition) is 8. The standard InChI is InChI=1S/C25H31N7OS/c1-16(2)20(14-33)29-25-30-23(22-24(31-25)32(15-28-22)18-6-3-4-7-18)27-13-17-9-10-19(26-12-17)21-8-5-11-34-21/h5,8-12,15-16,18,20,33H,3-4,6-7,13-14H2,1-2H3,(H2,27,29,30,31). The minimum Gasteiger partial charge on any atom is -0.394 e. The zero-order chi connectivity index (χ0) is 23.5. The van der Waals surface area contributed by atoms with Gasteiger partial charge in [0.2, 0.25) is 5.95 Å². The lowest BCUT2D eigenvalue weighted by Gasteiger charge is -2.20. The summed E-state index contributed by atoms with van der Waals surface area (Å²) in [7, 11) is 0. The average molecular weight is 478 g/mol. The van der Waals surface area contributed by atoms with Gasteiger partial charge < -0.3 is 20.3 Å². The van der Waals surface area contributed by atoms with Crippen molar-refractivity contribution in [2.45, 2.75) is 58.2 Å². The Morgan fingerprint density at radius 1 is 1.15 bits per heavy atom. The van der Waals surface area contributed by atoms with E-state index in [1.807, 2.05) is 18.6 Å². The molecule has 0 aromatic carbocycles. The van der Waals surface area contributed by atoms with E-state index in [1.165, 1.54) is 12.8 Å². The van der Waals surface area contributed by atoms with Crippen LogP contribution in [-0.4, -0.2) is 42.3 Å². The van der Waals surface area contributed by atoms with E-state index in [-0.39, 0.29) is 18.6 Å². The summed E-state index contributed by atoms with van der Waals surface area (Å²) in [5.74, 6) is 1.44. The van der Waals surface area contributed by atoms with Gasteiger partial charge in [-0.1, -0.05) is 38.8 Å². The Kier molecular flexibility index (Phi) is 6.73. The summed E-state index contributed by atoms with van der Waals surface area (Å²) in [4.78, 5) is 20.0. The molecule has 0 bridgehead atoms. The smallest absolute Gasteiger partial charge is 0.227 e. The molecule has 4 aromatic rings. The molecule has 4 heterocycles. The Hall–Kier alpha value is -3.04. The van der Waals surface area contributed by atoms with Crippen LogP contribution in [0.2, 0.25) is 0 Å². The minimum absolute atomic E-state index is 0.0198. The topological polar surface area (TPSA) is 101 Å². The highest BCUT2D eigenvalue weighted by Gasteiger charge is 2.23. The number of fused-ring (bicyclic) bond motifs is 1.